The maximum atomic E-state index is 14.2. The van der Waals surface area contributed by atoms with Crippen molar-refractivity contribution in [1.29, 1.82) is 0 Å². The lowest BCUT2D eigenvalue weighted by Crippen LogP contribution is -2.54. The Morgan fingerprint density at radius 2 is 1.62 bits per heavy atom. The molecule has 0 saturated heterocycles. The van der Waals surface area contributed by atoms with E-state index >= 15 is 0 Å². The molecule has 0 spiro atoms. The molecule has 242 valence electrons. The summed E-state index contributed by atoms with van der Waals surface area (Å²) < 4.78 is 83.2. The molecular formula is C32H34ClF4N3O4S. The number of carbonyl (C=O) groups is 2. The van der Waals surface area contributed by atoms with Crippen LogP contribution in [0.2, 0.25) is 5.02 Å². The SMILES string of the molecule is CCC(C(=O)NC1CCCCC1)N(Cc1ccc(F)cc1)C(=O)CN(c1cc(C(F)(F)F)ccc1Cl)S(=O)(=O)c1ccccc1. The summed E-state index contributed by atoms with van der Waals surface area (Å²) in [4.78, 5) is 28.6. The van der Waals surface area contributed by atoms with E-state index < -0.39 is 57.7 Å². The van der Waals surface area contributed by atoms with Gasteiger partial charge in [-0.3, -0.25) is 13.9 Å². The van der Waals surface area contributed by atoms with Crippen molar-refractivity contribution in [2.75, 3.05) is 10.8 Å². The number of alkyl halides is 3. The maximum absolute atomic E-state index is 14.2. The summed E-state index contributed by atoms with van der Waals surface area (Å²) in [5.41, 5.74) is -1.25. The van der Waals surface area contributed by atoms with Crippen molar-refractivity contribution in [3.8, 4) is 0 Å². The number of nitrogens with zero attached hydrogens (tertiary/aromatic N) is 2. The molecule has 3 aromatic rings. The van der Waals surface area contributed by atoms with E-state index in [1.807, 2.05) is 0 Å². The van der Waals surface area contributed by atoms with Gasteiger partial charge in [-0.05, 0) is 67.3 Å². The van der Waals surface area contributed by atoms with Crippen LogP contribution in [-0.2, 0) is 32.3 Å². The first kappa shape index (κ1) is 34.2. The van der Waals surface area contributed by atoms with Crippen LogP contribution in [0.4, 0.5) is 23.2 Å². The van der Waals surface area contributed by atoms with Crippen molar-refractivity contribution in [2.45, 2.75) is 75.1 Å². The number of amides is 2. The molecule has 3 aromatic carbocycles. The summed E-state index contributed by atoms with van der Waals surface area (Å²) in [6.07, 6.45) is -0.154. The Morgan fingerprint density at radius 3 is 2.22 bits per heavy atom. The summed E-state index contributed by atoms with van der Waals surface area (Å²) in [5, 5.41) is 2.67. The Bertz CT molecular complexity index is 1580. The predicted octanol–water partition coefficient (Wildman–Crippen LogP) is 6.95. The van der Waals surface area contributed by atoms with Gasteiger partial charge in [0.05, 0.1) is 21.2 Å². The number of rotatable bonds is 11. The average molecular weight is 668 g/mol. The number of nitrogens with one attached hydrogen (secondary N) is 1. The number of halogens is 5. The Labute approximate surface area is 265 Å². The number of carbonyl (C=O) groups excluding carboxylic acids is 2. The van der Waals surface area contributed by atoms with E-state index in [0.29, 0.717) is 22.0 Å². The van der Waals surface area contributed by atoms with Crippen molar-refractivity contribution in [3.05, 3.63) is 94.8 Å². The molecule has 4 rings (SSSR count). The van der Waals surface area contributed by atoms with Gasteiger partial charge in [0.15, 0.2) is 0 Å². The molecule has 0 heterocycles. The predicted molar refractivity (Wildman–Crippen MR) is 163 cm³/mol. The summed E-state index contributed by atoms with van der Waals surface area (Å²) in [6.45, 7) is 0.538. The standard InChI is InChI=1S/C32H34ClF4N3O4S/c1-2-28(31(42)38-25-9-5-3-6-10-25)39(20-22-13-16-24(34)17-14-22)30(41)21-40(45(43,44)26-11-7-4-8-12-26)29-19-23(32(35,36)37)15-18-27(29)33/h4,7-8,11-19,25,28H,2-3,5-6,9-10,20-21H2,1H3,(H,38,42). The van der Waals surface area contributed by atoms with E-state index in [9.17, 15) is 35.6 Å². The monoisotopic (exact) mass is 667 g/mol. The van der Waals surface area contributed by atoms with Crippen LogP contribution in [0.3, 0.4) is 0 Å². The second kappa shape index (κ2) is 14.6. The summed E-state index contributed by atoms with van der Waals surface area (Å²) in [7, 11) is -4.64. The zero-order valence-electron chi connectivity index (χ0n) is 24.6. The van der Waals surface area contributed by atoms with Gasteiger partial charge in [0.1, 0.15) is 18.4 Å². The van der Waals surface area contributed by atoms with Crippen molar-refractivity contribution >= 4 is 39.1 Å². The van der Waals surface area contributed by atoms with E-state index in [0.717, 1.165) is 38.2 Å². The highest BCUT2D eigenvalue weighted by Gasteiger charge is 2.37. The fourth-order valence-corrected chi connectivity index (χ4v) is 7.08. The quantitative estimate of drug-likeness (QED) is 0.224. The largest absolute Gasteiger partial charge is 0.416 e. The smallest absolute Gasteiger partial charge is 0.352 e. The van der Waals surface area contributed by atoms with Gasteiger partial charge in [-0.25, -0.2) is 12.8 Å². The van der Waals surface area contributed by atoms with Crippen LogP contribution in [0.1, 0.15) is 56.6 Å². The Balaban J connectivity index is 1.77. The normalized spacial score (nSPS) is 14.9. The third-order valence-corrected chi connectivity index (χ3v) is 9.85. The number of hydrogen-bond acceptors (Lipinski definition) is 4. The summed E-state index contributed by atoms with van der Waals surface area (Å²) in [5.74, 6) is -1.81. The van der Waals surface area contributed by atoms with Crippen LogP contribution in [0.15, 0.2) is 77.7 Å². The maximum Gasteiger partial charge on any atom is 0.416 e. The van der Waals surface area contributed by atoms with Gasteiger partial charge < -0.3 is 10.2 Å². The number of anilines is 1. The molecule has 1 aliphatic carbocycles. The molecule has 0 aromatic heterocycles. The summed E-state index contributed by atoms with van der Waals surface area (Å²) in [6, 6.07) is 13.2. The molecule has 1 aliphatic rings. The lowest BCUT2D eigenvalue weighted by molar-refractivity contribution is -0.140. The van der Waals surface area contributed by atoms with Crippen LogP contribution in [0, 0.1) is 5.82 Å². The first-order chi connectivity index (χ1) is 21.3. The van der Waals surface area contributed by atoms with Crippen LogP contribution in [0.5, 0.6) is 0 Å². The Hall–Kier alpha value is -3.64. The molecule has 45 heavy (non-hydrogen) atoms. The molecule has 0 radical (unpaired) electrons. The van der Waals surface area contributed by atoms with Gasteiger partial charge in [0, 0.05) is 12.6 Å². The first-order valence-corrected chi connectivity index (χ1v) is 16.4. The zero-order chi connectivity index (χ0) is 32.8. The average Bonchev–Trinajstić information content (AvgIpc) is 3.01. The second-order valence-corrected chi connectivity index (χ2v) is 13.2. The van der Waals surface area contributed by atoms with Crippen LogP contribution >= 0.6 is 11.6 Å². The fourth-order valence-electron chi connectivity index (χ4n) is 5.36. The number of sulfonamides is 1. The van der Waals surface area contributed by atoms with E-state index in [1.54, 1.807) is 13.0 Å². The molecule has 2 amide bonds. The zero-order valence-corrected chi connectivity index (χ0v) is 26.1. The highest BCUT2D eigenvalue weighted by Crippen LogP contribution is 2.37. The summed E-state index contributed by atoms with van der Waals surface area (Å²) >= 11 is 6.29. The molecule has 1 atom stereocenters. The molecule has 0 aliphatic heterocycles. The Kier molecular flexibility index (Phi) is 11.1. The Morgan fingerprint density at radius 1 is 0.978 bits per heavy atom. The van der Waals surface area contributed by atoms with E-state index in [1.165, 1.54) is 53.4 Å². The van der Waals surface area contributed by atoms with Gasteiger partial charge in [-0.2, -0.15) is 13.2 Å². The fraction of sp³-hybridized carbons (Fsp3) is 0.375. The molecule has 0 bridgehead atoms. The molecule has 7 nitrogen and oxygen atoms in total. The van der Waals surface area contributed by atoms with Crippen molar-refractivity contribution < 1.29 is 35.6 Å². The molecule has 1 unspecified atom stereocenters. The molecule has 1 fully saturated rings. The van der Waals surface area contributed by atoms with Crippen LogP contribution in [-0.4, -0.2) is 43.8 Å². The molecular weight excluding hydrogens is 634 g/mol. The van der Waals surface area contributed by atoms with Gasteiger partial charge in [-0.1, -0.05) is 68.1 Å². The highest BCUT2D eigenvalue weighted by atomic mass is 35.5. The van der Waals surface area contributed by atoms with Gasteiger partial charge >= 0.3 is 6.18 Å². The van der Waals surface area contributed by atoms with Crippen LogP contribution in [0.25, 0.3) is 0 Å². The van der Waals surface area contributed by atoms with Gasteiger partial charge in [0.2, 0.25) is 11.8 Å². The molecule has 13 heteroatoms. The second-order valence-electron chi connectivity index (χ2n) is 10.9. The molecule has 1 saturated carbocycles. The lowest BCUT2D eigenvalue weighted by Gasteiger charge is -2.34. The minimum Gasteiger partial charge on any atom is -0.352 e. The molecule has 1 N–H and O–H groups in total. The minimum absolute atomic E-state index is 0.0815. The van der Waals surface area contributed by atoms with Crippen molar-refractivity contribution in [1.82, 2.24) is 10.2 Å². The topological polar surface area (TPSA) is 86.8 Å². The third-order valence-electron chi connectivity index (χ3n) is 7.76. The van der Waals surface area contributed by atoms with Crippen molar-refractivity contribution in [3.63, 3.8) is 0 Å². The number of benzene rings is 3. The van der Waals surface area contributed by atoms with E-state index in [2.05, 4.69) is 5.32 Å². The van der Waals surface area contributed by atoms with E-state index in [-0.39, 0.29) is 28.9 Å². The minimum atomic E-state index is -4.83. The highest BCUT2D eigenvalue weighted by molar-refractivity contribution is 7.92. The van der Waals surface area contributed by atoms with E-state index in [4.69, 9.17) is 11.6 Å². The first-order valence-electron chi connectivity index (χ1n) is 14.6. The lowest BCUT2D eigenvalue weighted by atomic mass is 9.95. The van der Waals surface area contributed by atoms with Crippen LogP contribution < -0.4 is 9.62 Å². The van der Waals surface area contributed by atoms with Crippen molar-refractivity contribution in [2.24, 2.45) is 0 Å². The van der Waals surface area contributed by atoms with Gasteiger partial charge in [0.25, 0.3) is 10.0 Å². The third kappa shape index (κ3) is 8.55. The van der Waals surface area contributed by atoms with Gasteiger partial charge in [-0.15, -0.1) is 0 Å². The number of hydrogen-bond donors (Lipinski definition) is 1.